The number of rotatable bonds is 4. The minimum Gasteiger partial charge on any atom is -0.310 e. The summed E-state index contributed by atoms with van der Waals surface area (Å²) in [5.41, 5.74) is 0. The largest absolute Gasteiger partial charge is 0.310 e. The third kappa shape index (κ3) is 3.49. The van der Waals surface area contributed by atoms with E-state index in [9.17, 15) is 4.79 Å². The fraction of sp³-hybridized carbons (Fsp3) is 0.600. The molecule has 0 rings (SSSR count). The normalized spacial score (nSPS) is 8.62. The Morgan fingerprint density at radius 2 is 2.50 bits per heavy atom. The lowest BCUT2D eigenvalue weighted by molar-refractivity contribution is -0.111. The van der Waals surface area contributed by atoms with Gasteiger partial charge in [-0.15, -0.1) is 0 Å². The maximum Gasteiger partial charge on any atom is 0.186 e. The number of carbonyl (C=O) groups excluding carboxylic acids is 1. The van der Waals surface area contributed by atoms with Crippen molar-refractivity contribution >= 4 is 12.0 Å². The van der Waals surface area contributed by atoms with Crippen molar-refractivity contribution < 1.29 is 4.79 Å². The molecule has 3 heteroatoms. The zero-order valence-electron chi connectivity index (χ0n) is 4.90. The number of nitrogens with one attached hydrogen (secondary N) is 2. The molecule has 0 heterocycles. The summed E-state index contributed by atoms with van der Waals surface area (Å²) in [6.07, 6.45) is 0.822. The van der Waals surface area contributed by atoms with Gasteiger partial charge in [0.25, 0.3) is 0 Å². The van der Waals surface area contributed by atoms with Crippen LogP contribution in [0.4, 0.5) is 0 Å². The van der Waals surface area contributed by atoms with Crippen molar-refractivity contribution in [3.8, 4) is 0 Å². The highest BCUT2D eigenvalue weighted by Crippen LogP contribution is 1.59. The Morgan fingerprint density at radius 3 is 2.88 bits per heavy atom. The minimum absolute atomic E-state index is 0.174. The predicted molar refractivity (Wildman–Crippen MR) is 32.3 cm³/mol. The second-order valence-corrected chi connectivity index (χ2v) is 1.39. The quantitative estimate of drug-likeness (QED) is 0.498. The number of hydrogen-bond acceptors (Lipinski definition) is 3. The van der Waals surface area contributed by atoms with Gasteiger partial charge in [0.15, 0.2) is 5.78 Å². The van der Waals surface area contributed by atoms with Crippen LogP contribution in [0, 0.1) is 5.41 Å². The summed E-state index contributed by atoms with van der Waals surface area (Å²) >= 11 is 0. The zero-order valence-corrected chi connectivity index (χ0v) is 4.90. The fourth-order valence-electron chi connectivity index (χ4n) is 0.299. The van der Waals surface area contributed by atoms with Crippen LogP contribution < -0.4 is 5.32 Å². The molecular formula is C5H10N2O. The summed E-state index contributed by atoms with van der Waals surface area (Å²) in [5, 5.41) is 9.27. The van der Waals surface area contributed by atoms with Crippen LogP contribution >= 0.6 is 0 Å². The molecule has 3 nitrogen and oxygen atoms in total. The molecule has 0 bridgehead atoms. The zero-order chi connectivity index (χ0) is 6.41. The Bertz CT molecular complexity index is 90.4. The monoisotopic (exact) mass is 114 g/mol. The summed E-state index contributed by atoms with van der Waals surface area (Å²) in [7, 11) is 0. The van der Waals surface area contributed by atoms with Gasteiger partial charge >= 0.3 is 0 Å². The van der Waals surface area contributed by atoms with E-state index in [1.807, 2.05) is 6.92 Å². The van der Waals surface area contributed by atoms with Gasteiger partial charge < -0.3 is 10.7 Å². The highest BCUT2D eigenvalue weighted by atomic mass is 16.1. The Balaban J connectivity index is 3.11. The van der Waals surface area contributed by atoms with E-state index in [1.54, 1.807) is 0 Å². The van der Waals surface area contributed by atoms with Crippen LogP contribution in [-0.4, -0.2) is 25.1 Å². The van der Waals surface area contributed by atoms with E-state index in [4.69, 9.17) is 5.41 Å². The van der Waals surface area contributed by atoms with Gasteiger partial charge in [-0.1, -0.05) is 6.92 Å². The van der Waals surface area contributed by atoms with Crippen LogP contribution in [0.15, 0.2) is 0 Å². The highest BCUT2D eigenvalue weighted by Gasteiger charge is 1.90. The van der Waals surface area contributed by atoms with Gasteiger partial charge in [0.2, 0.25) is 0 Å². The van der Waals surface area contributed by atoms with Crippen molar-refractivity contribution in [3.63, 3.8) is 0 Å². The SMILES string of the molecule is CCNCC(=O)C=N. The molecule has 0 amide bonds. The average Bonchev–Trinajstić information content (AvgIpc) is 1.83. The van der Waals surface area contributed by atoms with Crippen molar-refractivity contribution in [2.75, 3.05) is 13.1 Å². The van der Waals surface area contributed by atoms with Crippen molar-refractivity contribution in [1.82, 2.24) is 5.32 Å². The van der Waals surface area contributed by atoms with Gasteiger partial charge in [0.05, 0.1) is 12.8 Å². The van der Waals surface area contributed by atoms with E-state index >= 15 is 0 Å². The standard InChI is InChI=1S/C5H10N2O/c1-2-7-4-5(8)3-6/h3,6-7H,2,4H2,1H3. The first-order chi connectivity index (χ1) is 3.81. The van der Waals surface area contributed by atoms with Crippen LogP contribution in [0.5, 0.6) is 0 Å². The first kappa shape index (κ1) is 7.30. The van der Waals surface area contributed by atoms with E-state index in [1.165, 1.54) is 0 Å². The molecule has 0 aromatic heterocycles. The summed E-state index contributed by atoms with van der Waals surface area (Å²) < 4.78 is 0. The van der Waals surface area contributed by atoms with E-state index in [0.717, 1.165) is 12.8 Å². The van der Waals surface area contributed by atoms with Gasteiger partial charge in [0.1, 0.15) is 0 Å². The Kier molecular flexibility index (Phi) is 4.07. The molecule has 0 aliphatic rings. The molecule has 0 radical (unpaired) electrons. The van der Waals surface area contributed by atoms with Crippen LogP contribution in [0.1, 0.15) is 6.92 Å². The maximum absolute atomic E-state index is 10.3. The lowest BCUT2D eigenvalue weighted by Crippen LogP contribution is -2.22. The van der Waals surface area contributed by atoms with Crippen LogP contribution in [0.2, 0.25) is 0 Å². The van der Waals surface area contributed by atoms with Crippen LogP contribution in [0.25, 0.3) is 0 Å². The fourth-order valence-corrected chi connectivity index (χ4v) is 0.299. The molecular weight excluding hydrogens is 104 g/mol. The topological polar surface area (TPSA) is 53.0 Å². The molecule has 0 fully saturated rings. The van der Waals surface area contributed by atoms with E-state index < -0.39 is 0 Å². The summed E-state index contributed by atoms with van der Waals surface area (Å²) in [4.78, 5) is 10.3. The molecule has 0 aliphatic heterocycles. The molecule has 0 unspecified atom stereocenters. The van der Waals surface area contributed by atoms with Crippen LogP contribution in [-0.2, 0) is 4.79 Å². The molecule has 0 saturated carbocycles. The van der Waals surface area contributed by atoms with E-state index in [-0.39, 0.29) is 5.78 Å². The third-order valence-electron chi connectivity index (χ3n) is 0.710. The number of carbonyl (C=O) groups is 1. The van der Waals surface area contributed by atoms with E-state index in [0.29, 0.717) is 6.54 Å². The van der Waals surface area contributed by atoms with Gasteiger partial charge in [-0.05, 0) is 6.54 Å². The molecule has 8 heavy (non-hydrogen) atoms. The Hall–Kier alpha value is -0.700. The molecule has 0 atom stereocenters. The number of ketones is 1. The minimum atomic E-state index is -0.174. The van der Waals surface area contributed by atoms with E-state index in [2.05, 4.69) is 5.32 Å². The molecule has 0 aromatic carbocycles. The number of Topliss-reactive ketones (excluding diaryl/α,β-unsaturated/α-hetero) is 1. The first-order valence-corrected chi connectivity index (χ1v) is 2.55. The molecule has 2 N–H and O–H groups in total. The third-order valence-corrected chi connectivity index (χ3v) is 0.710. The highest BCUT2D eigenvalue weighted by molar-refractivity contribution is 6.27. The summed E-state index contributed by atoms with van der Waals surface area (Å²) in [6, 6.07) is 0. The average molecular weight is 114 g/mol. The molecule has 0 spiro atoms. The van der Waals surface area contributed by atoms with Crippen molar-refractivity contribution in [2.45, 2.75) is 6.92 Å². The van der Waals surface area contributed by atoms with Crippen molar-refractivity contribution in [3.05, 3.63) is 0 Å². The van der Waals surface area contributed by atoms with Gasteiger partial charge in [-0.3, -0.25) is 4.79 Å². The Morgan fingerprint density at radius 1 is 1.88 bits per heavy atom. The first-order valence-electron chi connectivity index (χ1n) is 2.55. The molecule has 0 saturated heterocycles. The predicted octanol–water partition coefficient (Wildman–Crippen LogP) is -0.185. The van der Waals surface area contributed by atoms with Gasteiger partial charge in [-0.25, -0.2) is 0 Å². The van der Waals surface area contributed by atoms with Crippen LogP contribution in [0.3, 0.4) is 0 Å². The summed E-state index contributed by atoms with van der Waals surface area (Å²) in [6.45, 7) is 2.98. The lowest BCUT2D eigenvalue weighted by atomic mass is 10.4. The van der Waals surface area contributed by atoms with Gasteiger partial charge in [-0.2, -0.15) is 0 Å². The maximum atomic E-state index is 10.3. The molecule has 46 valence electrons. The smallest absolute Gasteiger partial charge is 0.186 e. The second-order valence-electron chi connectivity index (χ2n) is 1.39. The lowest BCUT2D eigenvalue weighted by Gasteiger charge is -1.92. The molecule has 0 aliphatic carbocycles. The number of hydrogen-bond donors (Lipinski definition) is 2. The number of likely N-dealkylation sites (N-methyl/N-ethyl adjacent to an activating group) is 1. The van der Waals surface area contributed by atoms with Crippen molar-refractivity contribution in [1.29, 1.82) is 5.41 Å². The Labute approximate surface area is 48.6 Å². The molecule has 0 aromatic rings. The summed E-state index contributed by atoms with van der Waals surface area (Å²) in [5.74, 6) is -0.174. The van der Waals surface area contributed by atoms with Crippen molar-refractivity contribution in [2.24, 2.45) is 0 Å². The second kappa shape index (κ2) is 4.46. The van der Waals surface area contributed by atoms with Gasteiger partial charge in [0, 0.05) is 0 Å².